The highest BCUT2D eigenvalue weighted by molar-refractivity contribution is 9.10. The van der Waals surface area contributed by atoms with Gasteiger partial charge in [-0.2, -0.15) is 5.10 Å². The number of rotatable bonds is 5. The van der Waals surface area contributed by atoms with Crippen molar-refractivity contribution in [2.45, 2.75) is 6.54 Å². The van der Waals surface area contributed by atoms with Crippen molar-refractivity contribution in [1.82, 2.24) is 15.1 Å². The summed E-state index contributed by atoms with van der Waals surface area (Å²) >= 11 is 14.6. The molecule has 2 N–H and O–H groups in total. The number of halogens is 3. The Hall–Kier alpha value is -1.90. The van der Waals surface area contributed by atoms with Gasteiger partial charge in [0.25, 0.3) is 5.56 Å². The van der Waals surface area contributed by atoms with Crippen LogP contribution in [0.5, 0.6) is 0 Å². The van der Waals surface area contributed by atoms with Gasteiger partial charge < -0.3 is 10.6 Å². The quantitative estimate of drug-likeness (QED) is 0.754. The summed E-state index contributed by atoms with van der Waals surface area (Å²) in [5.41, 5.74) is -0.101. The first-order chi connectivity index (χ1) is 11.4. The standard InChI is InChI=1S/C14H11BrCl2N4O3/c15-8-3-1-2-4-10(8)20-11(22)6-18-12(23)7-21-14(24)13(17)9(16)5-19-21/h1-5H,6-7H2,(H,18,23)(H,20,22). The molecule has 0 aliphatic heterocycles. The Labute approximate surface area is 155 Å². The van der Waals surface area contributed by atoms with Crippen LogP contribution in [0.25, 0.3) is 0 Å². The average molecular weight is 434 g/mol. The number of nitrogens with one attached hydrogen (secondary N) is 2. The summed E-state index contributed by atoms with van der Waals surface area (Å²) in [6.45, 7) is -0.631. The van der Waals surface area contributed by atoms with Crippen LogP contribution in [-0.4, -0.2) is 28.1 Å². The molecule has 0 radical (unpaired) electrons. The van der Waals surface area contributed by atoms with Gasteiger partial charge >= 0.3 is 0 Å². The molecule has 2 aromatic rings. The highest BCUT2D eigenvalue weighted by Gasteiger charge is 2.12. The molecule has 2 amide bonds. The van der Waals surface area contributed by atoms with Gasteiger partial charge in [-0.15, -0.1) is 0 Å². The van der Waals surface area contributed by atoms with Crippen molar-refractivity contribution >= 4 is 56.6 Å². The van der Waals surface area contributed by atoms with Crippen molar-refractivity contribution in [3.05, 3.63) is 55.3 Å². The minimum absolute atomic E-state index is 0.00569. The Bertz CT molecular complexity index is 841. The van der Waals surface area contributed by atoms with E-state index in [1.54, 1.807) is 18.2 Å². The van der Waals surface area contributed by atoms with E-state index in [1.807, 2.05) is 6.07 Å². The van der Waals surface area contributed by atoms with Crippen LogP contribution in [0.2, 0.25) is 10.0 Å². The second-order valence-electron chi connectivity index (χ2n) is 4.57. The lowest BCUT2D eigenvalue weighted by atomic mass is 10.3. The third-order valence-corrected chi connectivity index (χ3v) is 4.27. The highest BCUT2D eigenvalue weighted by Crippen LogP contribution is 2.20. The molecule has 1 aromatic heterocycles. The van der Waals surface area contributed by atoms with E-state index >= 15 is 0 Å². The van der Waals surface area contributed by atoms with E-state index < -0.39 is 17.4 Å². The summed E-state index contributed by atoms with van der Waals surface area (Å²) in [5, 5.41) is 8.52. The number of benzene rings is 1. The van der Waals surface area contributed by atoms with E-state index in [9.17, 15) is 14.4 Å². The van der Waals surface area contributed by atoms with Gasteiger partial charge in [0.05, 0.1) is 23.5 Å². The molecular formula is C14H11BrCl2N4O3. The molecule has 0 aliphatic carbocycles. The van der Waals surface area contributed by atoms with Crippen molar-refractivity contribution < 1.29 is 9.59 Å². The second-order valence-corrected chi connectivity index (χ2v) is 6.21. The summed E-state index contributed by atoms with van der Waals surface area (Å²) < 4.78 is 1.58. The normalized spacial score (nSPS) is 10.3. The molecule has 2 rings (SSSR count). The fourth-order valence-electron chi connectivity index (χ4n) is 1.69. The van der Waals surface area contributed by atoms with Crippen molar-refractivity contribution in [2.24, 2.45) is 0 Å². The van der Waals surface area contributed by atoms with Crippen molar-refractivity contribution in [3.8, 4) is 0 Å². The molecule has 126 valence electrons. The predicted molar refractivity (Wildman–Crippen MR) is 94.3 cm³/mol. The summed E-state index contributed by atoms with van der Waals surface area (Å²) in [7, 11) is 0. The lowest BCUT2D eigenvalue weighted by Gasteiger charge is -2.09. The SMILES string of the molecule is O=C(Cn1ncc(Cl)c(Cl)c1=O)NCC(=O)Nc1ccccc1Br. The number of hydrogen-bond donors (Lipinski definition) is 2. The number of anilines is 1. The highest BCUT2D eigenvalue weighted by atomic mass is 79.9. The number of nitrogens with zero attached hydrogens (tertiary/aromatic N) is 2. The van der Waals surface area contributed by atoms with Gasteiger partial charge in [0.15, 0.2) is 0 Å². The van der Waals surface area contributed by atoms with Crippen LogP contribution in [0.15, 0.2) is 39.7 Å². The Morgan fingerprint density at radius 2 is 1.92 bits per heavy atom. The number of amides is 2. The summed E-state index contributed by atoms with van der Waals surface area (Å²) in [5.74, 6) is -0.977. The van der Waals surface area contributed by atoms with Crippen LogP contribution in [0.1, 0.15) is 0 Å². The lowest BCUT2D eigenvalue weighted by Crippen LogP contribution is -2.37. The first-order valence-corrected chi connectivity index (χ1v) is 8.15. The lowest BCUT2D eigenvalue weighted by molar-refractivity contribution is -0.124. The molecule has 0 saturated carbocycles. The van der Waals surface area contributed by atoms with Crippen LogP contribution in [0, 0.1) is 0 Å². The predicted octanol–water partition coefficient (Wildman–Crippen LogP) is 2.07. The zero-order valence-electron chi connectivity index (χ0n) is 12.1. The minimum Gasteiger partial charge on any atom is -0.345 e. The molecule has 7 nitrogen and oxygen atoms in total. The molecule has 10 heteroatoms. The molecule has 0 fully saturated rings. The summed E-state index contributed by atoms with van der Waals surface area (Å²) in [6, 6.07) is 7.06. The number of para-hydroxylation sites is 1. The maximum Gasteiger partial charge on any atom is 0.287 e. The van der Waals surface area contributed by atoms with Gasteiger partial charge in [0.2, 0.25) is 11.8 Å². The molecule has 0 spiro atoms. The fourth-order valence-corrected chi connectivity index (χ4v) is 2.34. The Kier molecular flexibility index (Phi) is 6.36. The summed E-state index contributed by atoms with van der Waals surface area (Å²) in [6.07, 6.45) is 1.16. The Morgan fingerprint density at radius 3 is 2.62 bits per heavy atom. The molecule has 0 saturated heterocycles. The number of hydrogen-bond acceptors (Lipinski definition) is 4. The average Bonchev–Trinajstić information content (AvgIpc) is 2.56. The maximum atomic E-state index is 11.8. The molecular weight excluding hydrogens is 423 g/mol. The van der Waals surface area contributed by atoms with E-state index in [0.29, 0.717) is 5.69 Å². The van der Waals surface area contributed by atoms with Crippen LogP contribution in [-0.2, 0) is 16.1 Å². The van der Waals surface area contributed by atoms with E-state index in [4.69, 9.17) is 23.2 Å². The topological polar surface area (TPSA) is 93.1 Å². The molecule has 1 heterocycles. The Morgan fingerprint density at radius 1 is 1.21 bits per heavy atom. The number of carbonyl (C=O) groups is 2. The molecule has 0 bridgehead atoms. The fraction of sp³-hybridized carbons (Fsp3) is 0.143. The van der Waals surface area contributed by atoms with Crippen molar-refractivity contribution in [2.75, 3.05) is 11.9 Å². The molecule has 1 aromatic carbocycles. The van der Waals surface area contributed by atoms with Crippen LogP contribution < -0.4 is 16.2 Å². The van der Waals surface area contributed by atoms with Crippen LogP contribution >= 0.6 is 39.1 Å². The van der Waals surface area contributed by atoms with E-state index in [1.165, 1.54) is 0 Å². The second kappa shape index (κ2) is 8.27. The van der Waals surface area contributed by atoms with E-state index in [-0.39, 0.29) is 23.1 Å². The first kappa shape index (κ1) is 18.4. The maximum absolute atomic E-state index is 11.8. The van der Waals surface area contributed by atoms with Gasteiger partial charge in [0.1, 0.15) is 11.6 Å². The van der Waals surface area contributed by atoms with Gasteiger partial charge in [-0.05, 0) is 28.1 Å². The smallest absolute Gasteiger partial charge is 0.287 e. The number of carbonyl (C=O) groups excluding carboxylic acids is 2. The van der Waals surface area contributed by atoms with Crippen molar-refractivity contribution in [1.29, 1.82) is 0 Å². The van der Waals surface area contributed by atoms with Gasteiger partial charge in [-0.3, -0.25) is 14.4 Å². The monoisotopic (exact) mass is 432 g/mol. The van der Waals surface area contributed by atoms with Gasteiger partial charge in [0, 0.05) is 4.47 Å². The Balaban J connectivity index is 1.90. The minimum atomic E-state index is -0.683. The molecule has 0 atom stereocenters. The largest absolute Gasteiger partial charge is 0.345 e. The van der Waals surface area contributed by atoms with E-state index in [0.717, 1.165) is 15.4 Å². The third kappa shape index (κ3) is 4.80. The first-order valence-electron chi connectivity index (χ1n) is 6.60. The molecule has 24 heavy (non-hydrogen) atoms. The van der Waals surface area contributed by atoms with E-state index in [2.05, 4.69) is 31.7 Å². The third-order valence-electron chi connectivity index (χ3n) is 2.83. The van der Waals surface area contributed by atoms with Gasteiger partial charge in [-0.1, -0.05) is 35.3 Å². The van der Waals surface area contributed by atoms with Crippen LogP contribution in [0.4, 0.5) is 5.69 Å². The molecule has 0 aliphatic rings. The van der Waals surface area contributed by atoms with Crippen LogP contribution in [0.3, 0.4) is 0 Å². The van der Waals surface area contributed by atoms with Gasteiger partial charge in [-0.25, -0.2) is 4.68 Å². The summed E-state index contributed by atoms with van der Waals surface area (Å²) in [4.78, 5) is 35.4. The zero-order chi connectivity index (χ0) is 17.7. The zero-order valence-corrected chi connectivity index (χ0v) is 15.2. The molecule has 0 unspecified atom stereocenters. The number of aromatic nitrogens is 2. The van der Waals surface area contributed by atoms with Crippen molar-refractivity contribution in [3.63, 3.8) is 0 Å².